The lowest BCUT2D eigenvalue weighted by Crippen LogP contribution is -2.14. The number of hydrogen-bond donors (Lipinski definition) is 2. The van der Waals surface area contributed by atoms with Crippen molar-refractivity contribution >= 4 is 27.7 Å². The standard InChI is InChI=1S/C22H16FN3O/c1-2-15-9-13(7-8-25-15)10-17-18(23)11-14(12-20(24)27)22-21(17)16-5-3-4-6-19(16)26-22/h1,3-9,11,26H,10,12H2,(H2,24,27). The average molecular weight is 357 g/mol. The molecule has 132 valence electrons. The van der Waals surface area contributed by atoms with E-state index in [1.165, 1.54) is 6.07 Å². The molecule has 0 fully saturated rings. The second kappa shape index (κ2) is 6.58. The number of nitrogens with zero attached hydrogens (tertiary/aromatic N) is 1. The predicted molar refractivity (Wildman–Crippen MR) is 104 cm³/mol. The number of aromatic amines is 1. The number of nitrogens with two attached hydrogens (primary N) is 1. The number of pyridine rings is 1. The van der Waals surface area contributed by atoms with Crippen molar-refractivity contribution in [3.05, 3.63) is 76.9 Å². The fraction of sp³-hybridized carbons (Fsp3) is 0.0909. The van der Waals surface area contributed by atoms with Gasteiger partial charge in [-0.25, -0.2) is 9.37 Å². The average Bonchev–Trinajstić information content (AvgIpc) is 3.04. The van der Waals surface area contributed by atoms with Crippen LogP contribution in [-0.2, 0) is 17.6 Å². The van der Waals surface area contributed by atoms with Crippen molar-refractivity contribution < 1.29 is 9.18 Å². The van der Waals surface area contributed by atoms with E-state index < -0.39 is 5.91 Å². The number of carbonyl (C=O) groups is 1. The number of primary amides is 1. The minimum absolute atomic E-state index is 0.0307. The van der Waals surface area contributed by atoms with Crippen LogP contribution < -0.4 is 5.73 Å². The third kappa shape index (κ3) is 3.02. The second-order valence-electron chi connectivity index (χ2n) is 6.43. The molecule has 5 heteroatoms. The maximum atomic E-state index is 15.1. The number of terminal acetylenes is 1. The first-order valence-electron chi connectivity index (χ1n) is 8.47. The normalized spacial score (nSPS) is 11.0. The van der Waals surface area contributed by atoms with Crippen LogP contribution in [0.1, 0.15) is 22.4 Å². The minimum atomic E-state index is -0.505. The molecule has 0 saturated heterocycles. The highest BCUT2D eigenvalue weighted by Crippen LogP contribution is 2.34. The van der Waals surface area contributed by atoms with Crippen LogP contribution in [0.4, 0.5) is 4.39 Å². The Morgan fingerprint density at radius 2 is 2.07 bits per heavy atom. The van der Waals surface area contributed by atoms with Gasteiger partial charge in [-0.05, 0) is 35.4 Å². The molecule has 3 N–H and O–H groups in total. The van der Waals surface area contributed by atoms with Gasteiger partial charge < -0.3 is 10.7 Å². The largest absolute Gasteiger partial charge is 0.369 e. The fourth-order valence-corrected chi connectivity index (χ4v) is 3.50. The summed E-state index contributed by atoms with van der Waals surface area (Å²) in [5.74, 6) is 1.62. The summed E-state index contributed by atoms with van der Waals surface area (Å²) in [6, 6.07) is 12.7. The van der Waals surface area contributed by atoms with Crippen LogP contribution in [-0.4, -0.2) is 15.9 Å². The molecule has 0 aliphatic carbocycles. The summed E-state index contributed by atoms with van der Waals surface area (Å²) in [5.41, 5.74) is 9.44. The molecule has 0 saturated carbocycles. The van der Waals surface area contributed by atoms with Crippen molar-refractivity contribution in [3.63, 3.8) is 0 Å². The molecule has 4 nitrogen and oxygen atoms in total. The summed E-state index contributed by atoms with van der Waals surface area (Å²) in [4.78, 5) is 18.8. The maximum Gasteiger partial charge on any atom is 0.221 e. The third-order valence-electron chi connectivity index (χ3n) is 4.64. The number of hydrogen-bond acceptors (Lipinski definition) is 2. The van der Waals surface area contributed by atoms with E-state index >= 15 is 4.39 Å². The quantitative estimate of drug-likeness (QED) is 0.549. The highest BCUT2D eigenvalue weighted by atomic mass is 19.1. The summed E-state index contributed by atoms with van der Waals surface area (Å²) in [5, 5.41) is 1.67. The second-order valence-corrected chi connectivity index (χ2v) is 6.43. The van der Waals surface area contributed by atoms with Gasteiger partial charge in [0.25, 0.3) is 0 Å². The number of fused-ring (bicyclic) bond motifs is 3. The first kappa shape index (κ1) is 16.8. The van der Waals surface area contributed by atoms with Gasteiger partial charge in [-0.3, -0.25) is 4.79 Å². The SMILES string of the molecule is C#Cc1cc(Cc2c(F)cc(CC(N)=O)c3[nH]c4ccccc4c23)ccn1. The number of nitrogens with one attached hydrogen (secondary N) is 1. The van der Waals surface area contributed by atoms with Crippen LogP contribution in [0.5, 0.6) is 0 Å². The Morgan fingerprint density at radius 1 is 1.26 bits per heavy atom. The summed E-state index contributed by atoms with van der Waals surface area (Å²) in [7, 11) is 0. The van der Waals surface area contributed by atoms with Crippen LogP contribution in [0.3, 0.4) is 0 Å². The molecule has 2 heterocycles. The maximum absolute atomic E-state index is 15.1. The van der Waals surface area contributed by atoms with Crippen molar-refractivity contribution in [1.29, 1.82) is 0 Å². The van der Waals surface area contributed by atoms with Gasteiger partial charge in [-0.2, -0.15) is 0 Å². The van der Waals surface area contributed by atoms with Crippen molar-refractivity contribution in [3.8, 4) is 12.3 Å². The van der Waals surface area contributed by atoms with Gasteiger partial charge in [0.05, 0.1) is 11.9 Å². The number of carbonyl (C=O) groups excluding carboxylic acids is 1. The summed E-state index contributed by atoms with van der Waals surface area (Å²) >= 11 is 0. The third-order valence-corrected chi connectivity index (χ3v) is 4.64. The molecule has 0 atom stereocenters. The van der Waals surface area contributed by atoms with Crippen LogP contribution in [0.15, 0.2) is 48.7 Å². The lowest BCUT2D eigenvalue weighted by atomic mass is 9.95. The molecule has 27 heavy (non-hydrogen) atoms. The Bertz CT molecular complexity index is 1230. The number of rotatable bonds is 4. The molecule has 1 amide bonds. The Hall–Kier alpha value is -3.65. The Labute approximate surface area is 155 Å². The van der Waals surface area contributed by atoms with E-state index in [1.807, 2.05) is 30.3 Å². The molecule has 0 aliphatic heterocycles. The monoisotopic (exact) mass is 357 g/mol. The van der Waals surface area contributed by atoms with Gasteiger partial charge in [0.1, 0.15) is 11.5 Å². The van der Waals surface area contributed by atoms with Crippen molar-refractivity contribution in [2.75, 3.05) is 0 Å². The number of para-hydroxylation sites is 1. The van der Waals surface area contributed by atoms with E-state index in [9.17, 15) is 4.79 Å². The molecule has 4 rings (SSSR count). The van der Waals surface area contributed by atoms with Crippen molar-refractivity contribution in [2.45, 2.75) is 12.8 Å². The molecule has 0 bridgehead atoms. The number of aromatic nitrogens is 2. The van der Waals surface area contributed by atoms with Crippen LogP contribution in [0.25, 0.3) is 21.8 Å². The number of halogens is 1. The first-order valence-corrected chi connectivity index (χ1v) is 8.47. The first-order chi connectivity index (χ1) is 13.1. The minimum Gasteiger partial charge on any atom is -0.369 e. The van der Waals surface area contributed by atoms with Crippen LogP contribution >= 0.6 is 0 Å². The molecule has 2 aromatic heterocycles. The van der Waals surface area contributed by atoms with E-state index in [-0.39, 0.29) is 12.2 Å². The summed E-state index contributed by atoms with van der Waals surface area (Å²) in [6.07, 6.45) is 7.37. The van der Waals surface area contributed by atoms with E-state index in [0.717, 1.165) is 27.4 Å². The molecule has 0 aliphatic rings. The molecule has 4 aromatic rings. The van der Waals surface area contributed by atoms with Gasteiger partial charge in [-0.1, -0.05) is 24.1 Å². The fourth-order valence-electron chi connectivity index (χ4n) is 3.50. The van der Waals surface area contributed by atoms with Crippen LogP contribution in [0, 0.1) is 18.2 Å². The van der Waals surface area contributed by atoms with Gasteiger partial charge in [0, 0.05) is 34.5 Å². The Balaban J connectivity index is 1.98. The Kier molecular flexibility index (Phi) is 4.09. The lowest BCUT2D eigenvalue weighted by Gasteiger charge is -2.10. The summed E-state index contributed by atoms with van der Waals surface area (Å²) in [6.45, 7) is 0. The lowest BCUT2D eigenvalue weighted by molar-refractivity contribution is -0.117. The van der Waals surface area contributed by atoms with Gasteiger partial charge in [0.15, 0.2) is 0 Å². The molecule has 2 aromatic carbocycles. The summed E-state index contributed by atoms with van der Waals surface area (Å²) < 4.78 is 15.1. The van der Waals surface area contributed by atoms with E-state index in [0.29, 0.717) is 23.2 Å². The topological polar surface area (TPSA) is 71.8 Å². The van der Waals surface area contributed by atoms with E-state index in [2.05, 4.69) is 15.9 Å². The zero-order valence-electron chi connectivity index (χ0n) is 14.4. The molecular weight excluding hydrogens is 341 g/mol. The van der Waals surface area contributed by atoms with Gasteiger partial charge in [-0.15, -0.1) is 6.42 Å². The zero-order valence-corrected chi connectivity index (χ0v) is 14.4. The number of amides is 1. The molecular formula is C22H16FN3O. The molecule has 0 unspecified atom stereocenters. The van der Waals surface area contributed by atoms with E-state index in [4.69, 9.17) is 12.2 Å². The highest BCUT2D eigenvalue weighted by molar-refractivity contribution is 6.10. The zero-order chi connectivity index (χ0) is 19.0. The number of benzene rings is 2. The van der Waals surface area contributed by atoms with Crippen molar-refractivity contribution in [1.82, 2.24) is 9.97 Å². The van der Waals surface area contributed by atoms with Gasteiger partial charge >= 0.3 is 0 Å². The molecule has 0 radical (unpaired) electrons. The molecule has 0 spiro atoms. The Morgan fingerprint density at radius 3 is 2.85 bits per heavy atom. The smallest absolute Gasteiger partial charge is 0.221 e. The van der Waals surface area contributed by atoms with Gasteiger partial charge in [0.2, 0.25) is 5.91 Å². The highest BCUT2D eigenvalue weighted by Gasteiger charge is 2.18. The van der Waals surface area contributed by atoms with E-state index in [1.54, 1.807) is 12.3 Å². The predicted octanol–water partition coefficient (Wildman–Crippen LogP) is 3.46. The van der Waals surface area contributed by atoms with Crippen molar-refractivity contribution in [2.24, 2.45) is 5.73 Å². The van der Waals surface area contributed by atoms with Crippen LogP contribution in [0.2, 0.25) is 0 Å². The number of H-pyrrole nitrogens is 1.